The molecule has 4 heteroatoms. The van der Waals surface area contributed by atoms with Gasteiger partial charge in [-0.15, -0.1) is 0 Å². The van der Waals surface area contributed by atoms with Gasteiger partial charge >= 0.3 is 0 Å². The third-order valence-electron chi connectivity index (χ3n) is 3.92. The van der Waals surface area contributed by atoms with Crippen LogP contribution in [0.4, 0.5) is 5.69 Å². The molecule has 1 N–H and O–H groups in total. The van der Waals surface area contributed by atoms with Crippen LogP contribution in [0.25, 0.3) is 0 Å². The normalized spacial score (nSPS) is 12.7. The minimum Gasteiger partial charge on any atom is -0.388 e. The second-order valence-corrected chi connectivity index (χ2v) is 9.24. The van der Waals surface area contributed by atoms with Crippen LogP contribution in [0, 0.1) is 0 Å². The van der Waals surface area contributed by atoms with E-state index in [9.17, 15) is 0 Å². The molecule has 0 radical (unpaired) electrons. The van der Waals surface area contributed by atoms with Crippen LogP contribution in [-0.2, 0) is 0 Å². The van der Waals surface area contributed by atoms with E-state index in [-0.39, 0.29) is 0 Å². The summed E-state index contributed by atoms with van der Waals surface area (Å²) in [5.41, 5.74) is 1.19. The minimum absolute atomic E-state index is 0.513. The number of anilines is 1. The fourth-order valence-corrected chi connectivity index (χ4v) is 6.24. The van der Waals surface area contributed by atoms with Crippen molar-refractivity contribution in [3.63, 3.8) is 0 Å². The highest BCUT2D eigenvalue weighted by Gasteiger charge is 2.34. The van der Waals surface area contributed by atoms with Gasteiger partial charge in [-0.25, -0.2) is 0 Å². The third-order valence-corrected chi connectivity index (χ3v) is 7.38. The smallest absolute Gasteiger partial charge is 0.0735 e. The summed E-state index contributed by atoms with van der Waals surface area (Å²) in [5.74, 6) is 0. The second kappa shape index (κ2) is 9.01. The molecule has 0 fully saturated rings. The van der Waals surface area contributed by atoms with Gasteiger partial charge in [-0.3, -0.25) is 9.34 Å². The molecule has 132 valence electrons. The Morgan fingerprint density at radius 1 is 0.783 bits per heavy atom. The Hall–Kier alpha value is -0.630. The Morgan fingerprint density at radius 2 is 1.22 bits per heavy atom. The molecular weight excluding hydrogens is 301 g/mol. The van der Waals surface area contributed by atoms with Gasteiger partial charge in [-0.1, -0.05) is 12.1 Å². The SMILES string of the molecule is CNc1cccc(P(N(C(C)C)C(C)C)N(C(C)C)C(C)C)c1. The Labute approximate surface area is 145 Å². The summed E-state index contributed by atoms with van der Waals surface area (Å²) >= 11 is 0. The van der Waals surface area contributed by atoms with Crippen molar-refractivity contribution in [3.05, 3.63) is 24.3 Å². The summed E-state index contributed by atoms with van der Waals surface area (Å²) in [6, 6.07) is 11.0. The van der Waals surface area contributed by atoms with Crippen LogP contribution >= 0.6 is 8.22 Å². The number of benzene rings is 1. The summed E-state index contributed by atoms with van der Waals surface area (Å²) in [5, 5.41) is 4.72. The van der Waals surface area contributed by atoms with Crippen LogP contribution in [0.1, 0.15) is 55.4 Å². The highest BCUT2D eigenvalue weighted by atomic mass is 31.1. The molecule has 0 amide bonds. The van der Waals surface area contributed by atoms with E-state index in [1.54, 1.807) is 0 Å². The zero-order valence-corrected chi connectivity index (χ0v) is 17.4. The van der Waals surface area contributed by atoms with Gasteiger partial charge < -0.3 is 5.32 Å². The standard InChI is InChI=1S/C19H36N3P/c1-14(2)21(15(3)4)23(22(16(5)6)17(7)8)19-12-10-11-18(13-19)20-9/h10-17,20H,1-9H3. The molecule has 0 aliphatic heterocycles. The van der Waals surface area contributed by atoms with Gasteiger partial charge in [-0.05, 0) is 67.5 Å². The topological polar surface area (TPSA) is 18.5 Å². The van der Waals surface area contributed by atoms with Gasteiger partial charge in [0, 0.05) is 42.2 Å². The van der Waals surface area contributed by atoms with Crippen LogP contribution < -0.4 is 10.6 Å². The summed E-state index contributed by atoms with van der Waals surface area (Å²) in [4.78, 5) is 0. The van der Waals surface area contributed by atoms with Crippen molar-refractivity contribution in [2.24, 2.45) is 0 Å². The molecule has 0 atom stereocenters. The molecule has 0 saturated carbocycles. The maximum Gasteiger partial charge on any atom is 0.0735 e. The van der Waals surface area contributed by atoms with Crippen molar-refractivity contribution in [1.82, 2.24) is 9.34 Å². The molecule has 1 aromatic rings. The number of nitrogens with zero attached hydrogens (tertiary/aromatic N) is 2. The third kappa shape index (κ3) is 5.17. The molecule has 3 nitrogen and oxygen atoms in total. The van der Waals surface area contributed by atoms with E-state index < -0.39 is 8.22 Å². The van der Waals surface area contributed by atoms with Gasteiger partial charge in [-0.2, -0.15) is 0 Å². The van der Waals surface area contributed by atoms with E-state index in [4.69, 9.17) is 0 Å². The van der Waals surface area contributed by atoms with Crippen LogP contribution in [0.2, 0.25) is 0 Å². The summed E-state index contributed by atoms with van der Waals surface area (Å²) in [7, 11) is 1.46. The largest absolute Gasteiger partial charge is 0.388 e. The number of rotatable bonds is 8. The summed E-state index contributed by atoms with van der Waals surface area (Å²) in [6.07, 6.45) is 0. The van der Waals surface area contributed by atoms with Gasteiger partial charge in [0.1, 0.15) is 0 Å². The molecule has 0 saturated heterocycles. The van der Waals surface area contributed by atoms with Crippen LogP contribution in [0.15, 0.2) is 24.3 Å². The quantitative estimate of drug-likeness (QED) is 0.681. The van der Waals surface area contributed by atoms with Crippen molar-refractivity contribution in [2.45, 2.75) is 79.6 Å². The van der Waals surface area contributed by atoms with E-state index >= 15 is 0 Å². The van der Waals surface area contributed by atoms with Crippen LogP contribution in [-0.4, -0.2) is 40.6 Å². The Kier molecular flexibility index (Phi) is 8.00. The maximum absolute atomic E-state index is 3.29. The highest BCUT2D eigenvalue weighted by molar-refractivity contribution is 7.61. The predicted octanol–water partition coefficient (Wildman–Crippen LogP) is 4.90. The molecule has 0 heterocycles. The first-order chi connectivity index (χ1) is 10.7. The molecule has 0 bridgehead atoms. The van der Waals surface area contributed by atoms with Gasteiger partial charge in [0.05, 0.1) is 8.22 Å². The fraction of sp³-hybridized carbons (Fsp3) is 0.684. The zero-order valence-electron chi connectivity index (χ0n) is 16.5. The molecule has 1 rings (SSSR count). The first-order valence-electron chi connectivity index (χ1n) is 8.85. The van der Waals surface area contributed by atoms with Crippen molar-refractivity contribution in [2.75, 3.05) is 12.4 Å². The number of hydrogen-bond donors (Lipinski definition) is 1. The van der Waals surface area contributed by atoms with Gasteiger partial charge in [0.25, 0.3) is 0 Å². The predicted molar refractivity (Wildman–Crippen MR) is 107 cm³/mol. The number of hydrogen-bond acceptors (Lipinski definition) is 3. The molecule has 23 heavy (non-hydrogen) atoms. The van der Waals surface area contributed by atoms with Gasteiger partial charge in [0.15, 0.2) is 0 Å². The monoisotopic (exact) mass is 337 g/mol. The summed E-state index contributed by atoms with van der Waals surface area (Å²) in [6.45, 7) is 18.5. The number of nitrogens with one attached hydrogen (secondary N) is 1. The molecule has 0 unspecified atom stereocenters. The lowest BCUT2D eigenvalue weighted by Crippen LogP contribution is -2.45. The zero-order chi connectivity index (χ0) is 17.7. The molecule has 1 aromatic carbocycles. The Bertz CT molecular complexity index is 435. The molecular formula is C19H36N3P. The average molecular weight is 337 g/mol. The van der Waals surface area contributed by atoms with Crippen molar-refractivity contribution in [3.8, 4) is 0 Å². The van der Waals surface area contributed by atoms with E-state index in [0.29, 0.717) is 24.2 Å². The van der Waals surface area contributed by atoms with Gasteiger partial charge in [0.2, 0.25) is 0 Å². The molecule has 0 aliphatic carbocycles. The second-order valence-electron chi connectivity index (χ2n) is 7.22. The maximum atomic E-state index is 3.29. The first kappa shape index (κ1) is 20.4. The van der Waals surface area contributed by atoms with E-state index in [2.05, 4.69) is 94.3 Å². The van der Waals surface area contributed by atoms with Crippen LogP contribution in [0.3, 0.4) is 0 Å². The van der Waals surface area contributed by atoms with E-state index in [1.807, 2.05) is 7.05 Å². The van der Waals surface area contributed by atoms with E-state index in [0.717, 1.165) is 0 Å². The molecule has 0 aliphatic rings. The fourth-order valence-electron chi connectivity index (χ4n) is 3.24. The first-order valence-corrected chi connectivity index (χ1v) is 10.1. The van der Waals surface area contributed by atoms with Crippen molar-refractivity contribution >= 4 is 19.2 Å². The lowest BCUT2D eigenvalue weighted by Gasteiger charge is -2.47. The van der Waals surface area contributed by atoms with Crippen molar-refractivity contribution in [1.29, 1.82) is 0 Å². The van der Waals surface area contributed by atoms with Crippen molar-refractivity contribution < 1.29 is 0 Å². The average Bonchev–Trinajstić information content (AvgIpc) is 2.45. The molecule has 0 aromatic heterocycles. The van der Waals surface area contributed by atoms with E-state index in [1.165, 1.54) is 11.0 Å². The highest BCUT2D eigenvalue weighted by Crippen LogP contribution is 2.49. The minimum atomic E-state index is -0.536. The lowest BCUT2D eigenvalue weighted by molar-refractivity contribution is 0.261. The Morgan fingerprint density at radius 3 is 1.57 bits per heavy atom. The lowest BCUT2D eigenvalue weighted by atomic mass is 10.3. The Balaban J connectivity index is 3.45. The van der Waals surface area contributed by atoms with Crippen LogP contribution in [0.5, 0.6) is 0 Å². The molecule has 0 spiro atoms. The summed E-state index contributed by atoms with van der Waals surface area (Å²) < 4.78 is 5.37.